The molecule has 5 N–H and O–H groups in total. The van der Waals surface area contributed by atoms with E-state index in [9.17, 15) is 39.9 Å². The molecule has 1 unspecified atom stereocenters. The number of carbonyl (C=O) groups is 1. The molecule has 0 radical (unpaired) electrons. The average molecular weight is 680 g/mol. The molecule has 1 aliphatic heterocycles. The summed E-state index contributed by atoms with van der Waals surface area (Å²) >= 11 is 0. The fourth-order valence-electron chi connectivity index (χ4n) is 6.19. The van der Waals surface area contributed by atoms with E-state index in [2.05, 4.69) is 0 Å². The number of aromatic nitrogens is 1. The van der Waals surface area contributed by atoms with Crippen LogP contribution in [0.15, 0.2) is 56.6 Å². The molecule has 1 saturated heterocycles. The van der Waals surface area contributed by atoms with Crippen LogP contribution < -0.4 is 20.5 Å². The van der Waals surface area contributed by atoms with Gasteiger partial charge in [-0.1, -0.05) is 0 Å². The molecule has 2 aromatic heterocycles. The van der Waals surface area contributed by atoms with Gasteiger partial charge in [0.05, 0.1) is 10.9 Å². The van der Waals surface area contributed by atoms with Crippen LogP contribution in [0.5, 0.6) is 28.7 Å². The van der Waals surface area contributed by atoms with Crippen LogP contribution in [-0.4, -0.2) is 79.8 Å². The van der Waals surface area contributed by atoms with E-state index in [0.29, 0.717) is 13.1 Å². The summed E-state index contributed by atoms with van der Waals surface area (Å²) in [5.41, 5.74) is -2.94. The third-order valence-corrected chi connectivity index (χ3v) is 8.69. The van der Waals surface area contributed by atoms with Gasteiger partial charge in [-0.2, -0.15) is 0 Å². The lowest BCUT2D eigenvalue weighted by molar-refractivity contribution is 0.0694. The zero-order chi connectivity index (χ0) is 35.3. The highest BCUT2D eigenvalue weighted by Crippen LogP contribution is 2.38. The number of hydrogen-bond acceptors (Lipinski definition) is 11. The summed E-state index contributed by atoms with van der Waals surface area (Å²) < 4.78 is 44.2. The first-order valence-corrected chi connectivity index (χ1v) is 15.3. The molecule has 0 spiro atoms. The number of aromatic hydroxyl groups is 4. The molecule has 13 nitrogen and oxygen atoms in total. The van der Waals surface area contributed by atoms with Gasteiger partial charge in [0.25, 0.3) is 0 Å². The molecule has 0 bridgehead atoms. The van der Waals surface area contributed by atoms with Gasteiger partial charge >= 0.3 is 5.97 Å². The topological polar surface area (TPSA) is 186 Å². The van der Waals surface area contributed by atoms with Gasteiger partial charge < -0.3 is 44.2 Å². The maximum Gasteiger partial charge on any atom is 0.341 e. The maximum absolute atomic E-state index is 15.9. The number of aromatic carboxylic acids is 1. The summed E-state index contributed by atoms with van der Waals surface area (Å²) in [4.78, 5) is 40.7. The van der Waals surface area contributed by atoms with E-state index in [1.165, 1.54) is 22.8 Å². The smallest absolute Gasteiger partial charge is 0.341 e. The lowest BCUT2D eigenvalue weighted by atomic mass is 10.1. The summed E-state index contributed by atoms with van der Waals surface area (Å²) in [6, 6.07) is 6.83. The first-order chi connectivity index (χ1) is 23.3. The number of benzene rings is 3. The quantitative estimate of drug-likeness (QED) is 0.148. The summed E-state index contributed by atoms with van der Waals surface area (Å²) in [6.07, 6.45) is 1.06. The standard InChI is InChI=1S/C34H31F2N3O10/c1-3-37-15-20(34(46)47)30(43)19-13-21(35)29(27(36)28(19)37)39-7-6-38(16(2)14-39)8-9-48-18-11-24(42)26-25(12-18)49-33(32(45)31(26)44)17-4-5-22(40)23(41)10-17/h4-5,10-13,15-16,40-42,45H,3,6-9,14H2,1-2H3,(H,46,47). The molecule has 0 amide bonds. The largest absolute Gasteiger partial charge is 0.507 e. The minimum absolute atomic E-state index is 0.0984. The lowest BCUT2D eigenvalue weighted by Crippen LogP contribution is -2.53. The molecule has 3 aromatic carbocycles. The number of carboxylic acid groups (broad SMARTS) is 1. The summed E-state index contributed by atoms with van der Waals surface area (Å²) in [7, 11) is 0. The first-order valence-electron chi connectivity index (χ1n) is 15.3. The van der Waals surface area contributed by atoms with Gasteiger partial charge in [-0.15, -0.1) is 0 Å². The number of piperazine rings is 1. The van der Waals surface area contributed by atoms with Crippen LogP contribution in [-0.2, 0) is 6.54 Å². The lowest BCUT2D eigenvalue weighted by Gasteiger charge is -2.41. The summed E-state index contributed by atoms with van der Waals surface area (Å²) in [5.74, 6) is -5.76. The second-order valence-corrected chi connectivity index (χ2v) is 11.7. The Morgan fingerprint density at radius 3 is 2.43 bits per heavy atom. The Hall–Kier alpha value is -5.83. The summed E-state index contributed by atoms with van der Waals surface area (Å²) in [6.45, 7) is 5.01. The van der Waals surface area contributed by atoms with Crippen LogP contribution in [0.3, 0.4) is 0 Å². The number of anilines is 1. The Labute approximate surface area is 275 Å². The fourth-order valence-corrected chi connectivity index (χ4v) is 6.19. The van der Waals surface area contributed by atoms with Crippen LogP contribution in [0.4, 0.5) is 14.5 Å². The molecule has 49 heavy (non-hydrogen) atoms. The number of halogens is 2. The number of fused-ring (bicyclic) bond motifs is 2. The van der Waals surface area contributed by atoms with Crippen molar-refractivity contribution >= 4 is 33.5 Å². The molecule has 3 heterocycles. The third kappa shape index (κ3) is 5.82. The zero-order valence-corrected chi connectivity index (χ0v) is 26.2. The number of carboxylic acids is 1. The van der Waals surface area contributed by atoms with E-state index in [1.807, 2.05) is 11.8 Å². The van der Waals surface area contributed by atoms with Crippen molar-refractivity contribution in [1.82, 2.24) is 9.47 Å². The van der Waals surface area contributed by atoms with Crippen molar-refractivity contribution in [1.29, 1.82) is 0 Å². The Bertz CT molecular complexity index is 2270. The van der Waals surface area contributed by atoms with Gasteiger partial charge in [-0.25, -0.2) is 13.6 Å². The van der Waals surface area contributed by atoms with Crippen LogP contribution in [0.1, 0.15) is 24.2 Å². The number of hydrogen-bond donors (Lipinski definition) is 5. The Morgan fingerprint density at radius 2 is 1.76 bits per heavy atom. The van der Waals surface area contributed by atoms with E-state index in [-0.39, 0.29) is 76.9 Å². The van der Waals surface area contributed by atoms with E-state index in [0.717, 1.165) is 24.4 Å². The van der Waals surface area contributed by atoms with Gasteiger partial charge in [0.1, 0.15) is 46.1 Å². The number of nitrogens with zero attached hydrogens (tertiary/aromatic N) is 3. The van der Waals surface area contributed by atoms with E-state index in [4.69, 9.17) is 9.15 Å². The number of phenols is 3. The molecule has 15 heteroatoms. The SMILES string of the molecule is CCn1cc(C(=O)O)c(=O)c2cc(F)c(N3CCN(CCOc4cc(O)c5c(=O)c(O)c(-c6ccc(O)c(O)c6)oc5c4)C(C)C3)c(F)c21. The van der Waals surface area contributed by atoms with Crippen molar-refractivity contribution in [3.63, 3.8) is 0 Å². The van der Waals surface area contributed by atoms with Crippen molar-refractivity contribution in [2.75, 3.05) is 37.7 Å². The number of pyridine rings is 1. The van der Waals surface area contributed by atoms with Crippen LogP contribution in [0.2, 0.25) is 0 Å². The Kier molecular flexibility index (Phi) is 8.54. The molecule has 0 aliphatic carbocycles. The van der Waals surface area contributed by atoms with E-state index >= 15 is 8.78 Å². The van der Waals surface area contributed by atoms with E-state index in [1.54, 1.807) is 11.8 Å². The molecule has 0 saturated carbocycles. The van der Waals surface area contributed by atoms with Crippen LogP contribution in [0.25, 0.3) is 33.2 Å². The molecule has 1 aliphatic rings. The van der Waals surface area contributed by atoms with Crippen molar-refractivity contribution in [3.05, 3.63) is 80.2 Å². The minimum Gasteiger partial charge on any atom is -0.507 e. The van der Waals surface area contributed by atoms with Gasteiger partial charge in [0, 0.05) is 62.7 Å². The van der Waals surface area contributed by atoms with Gasteiger partial charge in [0.15, 0.2) is 23.1 Å². The minimum atomic E-state index is -1.49. The monoisotopic (exact) mass is 679 g/mol. The summed E-state index contributed by atoms with van der Waals surface area (Å²) in [5, 5.41) is 49.3. The van der Waals surface area contributed by atoms with Crippen molar-refractivity contribution < 1.29 is 48.3 Å². The zero-order valence-electron chi connectivity index (χ0n) is 26.2. The van der Waals surface area contributed by atoms with E-state index < -0.39 is 57.0 Å². The first kappa shape index (κ1) is 33.1. The molecular weight excluding hydrogens is 648 g/mol. The van der Waals surface area contributed by atoms with Gasteiger partial charge in [-0.05, 0) is 38.1 Å². The average Bonchev–Trinajstić information content (AvgIpc) is 3.05. The molecule has 5 aromatic rings. The predicted octanol–water partition coefficient (Wildman–Crippen LogP) is 4.18. The number of phenolic OH excluding ortho intramolecular Hbond substituents is 3. The Morgan fingerprint density at radius 1 is 1.00 bits per heavy atom. The second kappa shape index (κ2) is 12.6. The second-order valence-electron chi connectivity index (χ2n) is 11.7. The van der Waals surface area contributed by atoms with Crippen molar-refractivity contribution in [2.24, 2.45) is 0 Å². The van der Waals surface area contributed by atoms with Crippen molar-refractivity contribution in [3.8, 4) is 40.1 Å². The highest BCUT2D eigenvalue weighted by atomic mass is 19.1. The molecule has 1 atom stereocenters. The van der Waals surface area contributed by atoms with Crippen LogP contribution >= 0.6 is 0 Å². The molecular formula is C34H31F2N3O10. The third-order valence-electron chi connectivity index (χ3n) is 8.69. The van der Waals surface area contributed by atoms with Crippen LogP contribution in [0, 0.1) is 11.6 Å². The normalized spacial score (nSPS) is 15.3. The maximum atomic E-state index is 15.9. The predicted molar refractivity (Wildman–Crippen MR) is 174 cm³/mol. The number of ether oxygens (including phenoxy) is 1. The molecule has 6 rings (SSSR count). The fraction of sp³-hybridized carbons (Fsp3) is 0.265. The number of rotatable bonds is 8. The van der Waals surface area contributed by atoms with Gasteiger partial charge in [0.2, 0.25) is 16.6 Å². The highest BCUT2D eigenvalue weighted by molar-refractivity contribution is 5.94. The molecule has 256 valence electrons. The number of aryl methyl sites for hydroxylation is 1. The molecule has 1 fully saturated rings. The Balaban J connectivity index is 1.18. The highest BCUT2D eigenvalue weighted by Gasteiger charge is 2.30. The van der Waals surface area contributed by atoms with Gasteiger partial charge in [-0.3, -0.25) is 14.5 Å². The van der Waals surface area contributed by atoms with Crippen molar-refractivity contribution in [2.45, 2.75) is 26.4 Å².